The number of carbonyl (C=O) groups excluding carboxylic acids is 1. The van der Waals surface area contributed by atoms with E-state index in [2.05, 4.69) is 10.4 Å². The van der Waals surface area contributed by atoms with Crippen molar-refractivity contribution in [1.29, 1.82) is 0 Å². The van der Waals surface area contributed by atoms with E-state index in [4.69, 9.17) is 5.73 Å². The van der Waals surface area contributed by atoms with Gasteiger partial charge in [-0.2, -0.15) is 5.10 Å². The molecule has 0 atom stereocenters. The van der Waals surface area contributed by atoms with Gasteiger partial charge in [-0.3, -0.25) is 9.48 Å². The van der Waals surface area contributed by atoms with E-state index >= 15 is 0 Å². The highest BCUT2D eigenvalue weighted by Crippen LogP contribution is 2.17. The van der Waals surface area contributed by atoms with Gasteiger partial charge in [-0.25, -0.2) is 0 Å². The molecule has 0 spiro atoms. The molecule has 6 heteroatoms. The molecule has 1 heterocycles. The van der Waals surface area contributed by atoms with Gasteiger partial charge in [0.25, 0.3) is 0 Å². The molecule has 2 aromatic rings. The van der Waals surface area contributed by atoms with Gasteiger partial charge < -0.3 is 16.0 Å². The Morgan fingerprint density at radius 1 is 1.42 bits per heavy atom. The van der Waals surface area contributed by atoms with Gasteiger partial charge in [0.15, 0.2) is 0 Å². The molecule has 1 aromatic heterocycles. The molecule has 0 radical (unpaired) electrons. The molecular weight excluding hydrogens is 242 g/mol. The molecule has 0 saturated carbocycles. The van der Waals surface area contributed by atoms with Crippen LogP contribution in [0.15, 0.2) is 36.5 Å². The van der Waals surface area contributed by atoms with Crippen LogP contribution in [-0.2, 0) is 11.3 Å². The van der Waals surface area contributed by atoms with Crippen molar-refractivity contribution in [3.05, 3.63) is 36.5 Å². The van der Waals surface area contributed by atoms with Crippen molar-refractivity contribution in [2.24, 2.45) is 0 Å². The molecule has 0 saturated heterocycles. The first-order valence-electron chi connectivity index (χ1n) is 5.91. The third-order valence-electron chi connectivity index (χ3n) is 2.61. The highest BCUT2D eigenvalue weighted by molar-refractivity contribution is 5.91. The van der Waals surface area contributed by atoms with Crippen molar-refractivity contribution in [3.63, 3.8) is 0 Å². The number of nitrogens with zero attached hydrogens (tertiary/aromatic N) is 3. The quantitative estimate of drug-likeness (QED) is 0.864. The molecule has 3 N–H and O–H groups in total. The fourth-order valence-corrected chi connectivity index (χ4v) is 1.67. The fourth-order valence-electron chi connectivity index (χ4n) is 1.67. The lowest BCUT2D eigenvalue weighted by Crippen LogP contribution is -2.19. The van der Waals surface area contributed by atoms with Crippen LogP contribution in [0.25, 0.3) is 0 Å². The van der Waals surface area contributed by atoms with Gasteiger partial charge in [-0.15, -0.1) is 0 Å². The van der Waals surface area contributed by atoms with Crippen molar-refractivity contribution >= 4 is 23.1 Å². The second kappa shape index (κ2) is 5.43. The minimum Gasteiger partial charge on any atom is -0.382 e. The van der Waals surface area contributed by atoms with E-state index < -0.39 is 0 Å². The first kappa shape index (κ1) is 12.9. The predicted molar refractivity (Wildman–Crippen MR) is 76.0 cm³/mol. The number of nitrogens with one attached hydrogen (secondary N) is 1. The van der Waals surface area contributed by atoms with Crippen LogP contribution in [0, 0.1) is 0 Å². The van der Waals surface area contributed by atoms with Crippen LogP contribution in [0.1, 0.15) is 0 Å². The summed E-state index contributed by atoms with van der Waals surface area (Å²) in [4.78, 5) is 13.8. The van der Waals surface area contributed by atoms with Crippen LogP contribution >= 0.6 is 0 Å². The van der Waals surface area contributed by atoms with Crippen LogP contribution < -0.4 is 16.0 Å². The van der Waals surface area contributed by atoms with Crippen LogP contribution in [0.3, 0.4) is 0 Å². The van der Waals surface area contributed by atoms with Crippen molar-refractivity contribution in [3.8, 4) is 0 Å². The Kier molecular flexibility index (Phi) is 3.70. The largest absolute Gasteiger partial charge is 0.382 e. The number of nitrogen functional groups attached to an aromatic ring is 1. The maximum absolute atomic E-state index is 11.8. The summed E-state index contributed by atoms with van der Waals surface area (Å²) in [5.74, 6) is 0.265. The molecular formula is C13H17N5O. The summed E-state index contributed by atoms with van der Waals surface area (Å²) in [6.45, 7) is 0.142. The summed E-state index contributed by atoms with van der Waals surface area (Å²) in [7, 11) is 3.90. The molecule has 2 rings (SSSR count). The van der Waals surface area contributed by atoms with Crippen molar-refractivity contribution in [2.45, 2.75) is 6.54 Å². The number of hydrogen-bond donors (Lipinski definition) is 2. The summed E-state index contributed by atoms with van der Waals surface area (Å²) >= 11 is 0. The summed E-state index contributed by atoms with van der Waals surface area (Å²) in [5.41, 5.74) is 7.28. The second-order valence-electron chi connectivity index (χ2n) is 4.43. The normalized spacial score (nSPS) is 10.2. The minimum absolute atomic E-state index is 0.140. The van der Waals surface area contributed by atoms with E-state index in [1.807, 2.05) is 43.3 Å². The van der Waals surface area contributed by atoms with Crippen molar-refractivity contribution in [1.82, 2.24) is 9.78 Å². The monoisotopic (exact) mass is 259 g/mol. The molecule has 100 valence electrons. The molecule has 0 aliphatic heterocycles. The SMILES string of the molecule is CN(C)c1cccc(NC(=O)Cn2ccc(N)n2)c1. The highest BCUT2D eigenvalue weighted by Gasteiger charge is 2.05. The van der Waals surface area contributed by atoms with Gasteiger partial charge in [0.05, 0.1) is 0 Å². The van der Waals surface area contributed by atoms with E-state index in [1.165, 1.54) is 4.68 Å². The smallest absolute Gasteiger partial charge is 0.246 e. The number of nitrogens with two attached hydrogens (primary N) is 1. The fraction of sp³-hybridized carbons (Fsp3) is 0.231. The first-order valence-corrected chi connectivity index (χ1v) is 5.91. The third-order valence-corrected chi connectivity index (χ3v) is 2.61. The molecule has 6 nitrogen and oxygen atoms in total. The number of anilines is 3. The maximum Gasteiger partial charge on any atom is 0.246 e. The molecule has 0 aliphatic rings. The molecule has 0 unspecified atom stereocenters. The van der Waals surface area contributed by atoms with Gasteiger partial charge in [0.2, 0.25) is 5.91 Å². The zero-order valence-electron chi connectivity index (χ0n) is 11.0. The number of rotatable bonds is 4. The Labute approximate surface area is 111 Å². The van der Waals surface area contributed by atoms with Gasteiger partial charge in [-0.1, -0.05) is 6.07 Å². The zero-order chi connectivity index (χ0) is 13.8. The van der Waals surface area contributed by atoms with Gasteiger partial charge in [0.1, 0.15) is 12.4 Å². The Hall–Kier alpha value is -2.50. The summed E-state index contributed by atoms with van der Waals surface area (Å²) < 4.78 is 1.50. The average molecular weight is 259 g/mol. The number of carbonyl (C=O) groups is 1. The molecule has 1 aromatic carbocycles. The van der Waals surface area contributed by atoms with Gasteiger partial charge in [0, 0.05) is 31.7 Å². The molecule has 0 fully saturated rings. The van der Waals surface area contributed by atoms with E-state index in [-0.39, 0.29) is 12.5 Å². The first-order chi connectivity index (χ1) is 9.04. The standard InChI is InChI=1S/C13H17N5O/c1-17(2)11-5-3-4-10(8-11)15-13(19)9-18-7-6-12(14)16-18/h3-8H,9H2,1-2H3,(H2,14,16)(H,15,19). The average Bonchev–Trinajstić information content (AvgIpc) is 2.74. The zero-order valence-corrected chi connectivity index (χ0v) is 11.0. The number of hydrogen-bond acceptors (Lipinski definition) is 4. The van der Waals surface area contributed by atoms with Crippen molar-refractivity contribution in [2.75, 3.05) is 30.0 Å². The van der Waals surface area contributed by atoms with E-state index in [0.717, 1.165) is 11.4 Å². The number of benzene rings is 1. The Bertz CT molecular complexity index is 576. The summed E-state index contributed by atoms with van der Waals surface area (Å²) in [6.07, 6.45) is 1.67. The lowest BCUT2D eigenvalue weighted by molar-refractivity contribution is -0.116. The lowest BCUT2D eigenvalue weighted by atomic mass is 10.2. The van der Waals surface area contributed by atoms with E-state index in [0.29, 0.717) is 5.82 Å². The minimum atomic E-state index is -0.140. The molecule has 0 bridgehead atoms. The summed E-state index contributed by atoms with van der Waals surface area (Å²) in [6, 6.07) is 9.29. The van der Waals surface area contributed by atoms with Crippen molar-refractivity contribution < 1.29 is 4.79 Å². The van der Waals surface area contributed by atoms with Gasteiger partial charge in [-0.05, 0) is 24.3 Å². The third kappa shape index (κ3) is 3.48. The number of aromatic nitrogens is 2. The van der Waals surface area contributed by atoms with Crippen LogP contribution in [0.4, 0.5) is 17.2 Å². The van der Waals surface area contributed by atoms with Crippen LogP contribution in [-0.4, -0.2) is 29.8 Å². The van der Waals surface area contributed by atoms with E-state index in [1.54, 1.807) is 12.3 Å². The summed E-state index contributed by atoms with van der Waals surface area (Å²) in [5, 5.41) is 6.79. The molecule has 0 aliphatic carbocycles. The van der Waals surface area contributed by atoms with Crippen LogP contribution in [0.2, 0.25) is 0 Å². The Morgan fingerprint density at radius 3 is 2.84 bits per heavy atom. The number of amides is 1. The van der Waals surface area contributed by atoms with Crippen LogP contribution in [0.5, 0.6) is 0 Å². The lowest BCUT2D eigenvalue weighted by Gasteiger charge is -2.14. The topological polar surface area (TPSA) is 76.2 Å². The highest BCUT2D eigenvalue weighted by atomic mass is 16.2. The Balaban J connectivity index is 2.00. The molecule has 19 heavy (non-hydrogen) atoms. The predicted octanol–water partition coefficient (Wildman–Crippen LogP) is 1.17. The molecule has 1 amide bonds. The van der Waals surface area contributed by atoms with E-state index in [9.17, 15) is 4.79 Å². The Morgan fingerprint density at radius 2 is 2.21 bits per heavy atom. The maximum atomic E-state index is 11.8. The van der Waals surface area contributed by atoms with Gasteiger partial charge >= 0.3 is 0 Å². The second-order valence-corrected chi connectivity index (χ2v) is 4.43.